The molecule has 2 unspecified atom stereocenters. The van der Waals surface area contributed by atoms with Gasteiger partial charge in [-0.25, -0.2) is 0 Å². The van der Waals surface area contributed by atoms with Crippen molar-refractivity contribution in [1.82, 2.24) is 4.37 Å². The summed E-state index contributed by atoms with van der Waals surface area (Å²) in [7, 11) is 0. The van der Waals surface area contributed by atoms with Gasteiger partial charge in [-0.3, -0.25) is 0 Å². The van der Waals surface area contributed by atoms with Gasteiger partial charge < -0.3 is 5.73 Å². The molecule has 2 nitrogen and oxygen atoms in total. The van der Waals surface area contributed by atoms with Crippen molar-refractivity contribution in [2.24, 2.45) is 11.7 Å². The van der Waals surface area contributed by atoms with Crippen LogP contribution in [0.2, 0.25) is 0 Å². The van der Waals surface area contributed by atoms with Crippen molar-refractivity contribution in [2.75, 3.05) is 0 Å². The maximum atomic E-state index is 6.43. The summed E-state index contributed by atoms with van der Waals surface area (Å²) in [5, 5.41) is 2.03. The molecule has 14 heavy (non-hydrogen) atoms. The maximum Gasteiger partial charge on any atom is 0.0740 e. The number of aromatic nitrogens is 1. The lowest BCUT2D eigenvalue weighted by molar-refractivity contribution is 0.218. The molecular weight excluding hydrogens is 192 g/mol. The minimum absolute atomic E-state index is 0.126. The second-order valence-corrected chi connectivity index (χ2v) is 5.08. The van der Waals surface area contributed by atoms with E-state index in [9.17, 15) is 0 Å². The number of nitrogens with zero attached hydrogens (tertiary/aromatic N) is 1. The van der Waals surface area contributed by atoms with E-state index >= 15 is 0 Å². The first-order valence-corrected chi connectivity index (χ1v) is 6.28. The van der Waals surface area contributed by atoms with Crippen LogP contribution in [0.1, 0.15) is 44.7 Å². The summed E-state index contributed by atoms with van der Waals surface area (Å²) < 4.78 is 4.40. The molecule has 2 rings (SSSR count). The SMILES string of the molecule is CCC1CCCC(N)(c2ccsn2)C1. The Labute approximate surface area is 89.7 Å². The predicted octanol–water partition coefficient (Wildman–Crippen LogP) is 2.90. The summed E-state index contributed by atoms with van der Waals surface area (Å²) in [6.45, 7) is 2.26. The molecule has 0 spiro atoms. The summed E-state index contributed by atoms with van der Waals surface area (Å²) in [6.07, 6.45) is 6.08. The Morgan fingerprint density at radius 1 is 1.71 bits per heavy atom. The topological polar surface area (TPSA) is 38.9 Å². The zero-order valence-electron chi connectivity index (χ0n) is 8.70. The summed E-state index contributed by atoms with van der Waals surface area (Å²) >= 11 is 1.51. The van der Waals surface area contributed by atoms with Gasteiger partial charge in [0, 0.05) is 5.38 Å². The Balaban J connectivity index is 2.15. The van der Waals surface area contributed by atoms with Crippen LogP contribution in [0.25, 0.3) is 0 Å². The predicted molar refractivity (Wildman–Crippen MR) is 60.2 cm³/mol. The van der Waals surface area contributed by atoms with Gasteiger partial charge in [0.2, 0.25) is 0 Å². The van der Waals surface area contributed by atoms with Gasteiger partial charge in [-0.1, -0.05) is 26.2 Å². The number of hydrogen-bond acceptors (Lipinski definition) is 3. The van der Waals surface area contributed by atoms with Gasteiger partial charge in [0.05, 0.1) is 11.2 Å². The third-order valence-electron chi connectivity index (χ3n) is 3.41. The average molecular weight is 210 g/mol. The zero-order valence-corrected chi connectivity index (χ0v) is 9.52. The van der Waals surface area contributed by atoms with Gasteiger partial charge in [-0.15, -0.1) is 0 Å². The highest BCUT2D eigenvalue weighted by molar-refractivity contribution is 7.03. The molecule has 0 radical (unpaired) electrons. The maximum absolute atomic E-state index is 6.43. The molecule has 3 heteroatoms. The average Bonchev–Trinajstić information content (AvgIpc) is 2.71. The van der Waals surface area contributed by atoms with Crippen LogP contribution in [0.3, 0.4) is 0 Å². The fraction of sp³-hybridized carbons (Fsp3) is 0.727. The van der Waals surface area contributed by atoms with Gasteiger partial charge in [0.1, 0.15) is 0 Å². The monoisotopic (exact) mass is 210 g/mol. The van der Waals surface area contributed by atoms with Crippen LogP contribution < -0.4 is 5.73 Å². The van der Waals surface area contributed by atoms with E-state index < -0.39 is 0 Å². The molecule has 1 saturated carbocycles. The van der Waals surface area contributed by atoms with Crippen molar-refractivity contribution in [3.8, 4) is 0 Å². The third-order valence-corrected chi connectivity index (χ3v) is 3.97. The number of hydrogen-bond donors (Lipinski definition) is 1. The van der Waals surface area contributed by atoms with Gasteiger partial charge in [-0.05, 0) is 36.4 Å². The van der Waals surface area contributed by atoms with Gasteiger partial charge in [0.15, 0.2) is 0 Å². The van der Waals surface area contributed by atoms with Crippen molar-refractivity contribution in [3.05, 3.63) is 17.1 Å². The van der Waals surface area contributed by atoms with Crippen LogP contribution in [0.5, 0.6) is 0 Å². The fourth-order valence-electron chi connectivity index (χ4n) is 2.48. The van der Waals surface area contributed by atoms with Gasteiger partial charge in [-0.2, -0.15) is 4.37 Å². The lowest BCUT2D eigenvalue weighted by Crippen LogP contribution is -2.41. The van der Waals surface area contributed by atoms with Crippen molar-refractivity contribution >= 4 is 11.5 Å². The van der Waals surface area contributed by atoms with Gasteiger partial charge in [0.25, 0.3) is 0 Å². The molecule has 2 N–H and O–H groups in total. The second kappa shape index (κ2) is 3.99. The molecule has 0 aliphatic heterocycles. The highest BCUT2D eigenvalue weighted by Crippen LogP contribution is 2.38. The van der Waals surface area contributed by atoms with Crippen LogP contribution in [0.15, 0.2) is 11.4 Å². The first-order valence-electron chi connectivity index (χ1n) is 5.44. The van der Waals surface area contributed by atoms with Crippen LogP contribution in [0, 0.1) is 5.92 Å². The summed E-state index contributed by atoms with van der Waals surface area (Å²) in [5.74, 6) is 0.801. The molecule has 0 saturated heterocycles. The Bertz CT molecular complexity index is 283. The molecule has 78 valence electrons. The fourth-order valence-corrected chi connectivity index (χ4v) is 3.08. The van der Waals surface area contributed by atoms with E-state index in [1.165, 1.54) is 30.8 Å². The van der Waals surface area contributed by atoms with Gasteiger partial charge >= 0.3 is 0 Å². The Morgan fingerprint density at radius 3 is 3.21 bits per heavy atom. The lowest BCUT2D eigenvalue weighted by atomic mass is 9.74. The molecule has 2 atom stereocenters. The molecule has 1 aromatic heterocycles. The zero-order chi connectivity index (χ0) is 10.0. The van der Waals surface area contributed by atoms with E-state index in [0.29, 0.717) is 0 Å². The summed E-state index contributed by atoms with van der Waals surface area (Å²) in [5.41, 5.74) is 7.42. The molecule has 1 aliphatic rings. The smallest absolute Gasteiger partial charge is 0.0740 e. The van der Waals surface area contributed by atoms with Crippen molar-refractivity contribution in [2.45, 2.75) is 44.6 Å². The van der Waals surface area contributed by atoms with E-state index in [1.807, 2.05) is 5.38 Å². The molecule has 1 fully saturated rings. The van der Waals surface area contributed by atoms with Crippen LogP contribution in [-0.4, -0.2) is 4.37 Å². The van der Waals surface area contributed by atoms with E-state index in [2.05, 4.69) is 17.4 Å². The second-order valence-electron chi connectivity index (χ2n) is 4.41. The van der Waals surface area contributed by atoms with Crippen LogP contribution in [0.4, 0.5) is 0 Å². The van der Waals surface area contributed by atoms with Crippen LogP contribution >= 0.6 is 11.5 Å². The molecule has 1 aliphatic carbocycles. The minimum Gasteiger partial charge on any atom is -0.320 e. The first kappa shape index (κ1) is 10.1. The first-order chi connectivity index (χ1) is 6.74. The Hall–Kier alpha value is -0.410. The molecule has 1 aromatic rings. The highest BCUT2D eigenvalue weighted by atomic mass is 32.1. The minimum atomic E-state index is -0.126. The molecule has 0 bridgehead atoms. The third kappa shape index (κ3) is 1.84. The largest absolute Gasteiger partial charge is 0.320 e. The van der Waals surface area contributed by atoms with Crippen molar-refractivity contribution < 1.29 is 0 Å². The highest BCUT2D eigenvalue weighted by Gasteiger charge is 2.34. The standard InChI is InChI=1S/C11H18N2S/c1-2-9-4-3-6-11(12,8-9)10-5-7-14-13-10/h5,7,9H,2-4,6,8,12H2,1H3. The van der Waals surface area contributed by atoms with Crippen molar-refractivity contribution in [1.29, 1.82) is 0 Å². The van der Waals surface area contributed by atoms with E-state index in [-0.39, 0.29) is 5.54 Å². The molecule has 0 aromatic carbocycles. The van der Waals surface area contributed by atoms with Crippen LogP contribution in [-0.2, 0) is 5.54 Å². The van der Waals surface area contributed by atoms with E-state index in [4.69, 9.17) is 5.73 Å². The normalized spacial score (nSPS) is 33.1. The van der Waals surface area contributed by atoms with Crippen molar-refractivity contribution in [3.63, 3.8) is 0 Å². The molecule has 0 amide bonds. The number of nitrogens with two attached hydrogens (primary N) is 1. The summed E-state index contributed by atoms with van der Waals surface area (Å²) in [4.78, 5) is 0. The molecular formula is C11H18N2S. The van der Waals surface area contributed by atoms with E-state index in [0.717, 1.165) is 24.5 Å². The number of rotatable bonds is 2. The quantitative estimate of drug-likeness (QED) is 0.815. The Kier molecular flexibility index (Phi) is 2.88. The molecule has 1 heterocycles. The summed E-state index contributed by atoms with van der Waals surface area (Å²) in [6, 6.07) is 2.09. The Morgan fingerprint density at radius 2 is 2.57 bits per heavy atom. The lowest BCUT2D eigenvalue weighted by Gasteiger charge is -2.36. The van der Waals surface area contributed by atoms with E-state index in [1.54, 1.807) is 0 Å².